The van der Waals surface area contributed by atoms with Crippen LogP contribution in [0.1, 0.15) is 46.5 Å². The molecule has 0 radical (unpaired) electrons. The smallest absolute Gasteiger partial charge is 0.00922 e. The lowest BCUT2D eigenvalue weighted by Crippen LogP contribution is -2.34. The Bertz CT molecular complexity index is 138. The summed E-state index contributed by atoms with van der Waals surface area (Å²) in [4.78, 5) is 0. The van der Waals surface area contributed by atoms with E-state index in [1.165, 1.54) is 25.7 Å². The Morgan fingerprint density at radius 1 is 1.23 bits per heavy atom. The zero-order valence-corrected chi connectivity index (χ0v) is 9.64. The first kappa shape index (κ1) is 11.0. The average molecular weight is 183 g/mol. The maximum Gasteiger partial charge on any atom is 0.00922 e. The van der Waals surface area contributed by atoms with Gasteiger partial charge in [-0.2, -0.15) is 0 Å². The molecule has 1 nitrogen and oxygen atoms in total. The van der Waals surface area contributed by atoms with E-state index in [-0.39, 0.29) is 0 Å². The third-order valence-corrected chi connectivity index (χ3v) is 3.64. The Labute approximate surface area is 83.3 Å². The van der Waals surface area contributed by atoms with Crippen molar-refractivity contribution in [3.8, 4) is 0 Å². The molecule has 13 heavy (non-hydrogen) atoms. The summed E-state index contributed by atoms with van der Waals surface area (Å²) in [5, 5.41) is 3.47. The maximum atomic E-state index is 3.47. The van der Waals surface area contributed by atoms with E-state index in [0.717, 1.165) is 23.8 Å². The van der Waals surface area contributed by atoms with E-state index < -0.39 is 0 Å². The zero-order valence-electron chi connectivity index (χ0n) is 9.64. The summed E-state index contributed by atoms with van der Waals surface area (Å²) in [5.41, 5.74) is 0. The molecule has 0 aliphatic heterocycles. The molecule has 1 aliphatic carbocycles. The molecule has 78 valence electrons. The van der Waals surface area contributed by atoms with Crippen LogP contribution in [-0.2, 0) is 0 Å². The fraction of sp³-hybridized carbons (Fsp3) is 1.00. The van der Waals surface area contributed by atoms with E-state index in [1.54, 1.807) is 0 Å². The van der Waals surface area contributed by atoms with Crippen LogP contribution in [-0.4, -0.2) is 13.1 Å². The summed E-state index contributed by atoms with van der Waals surface area (Å²) < 4.78 is 0. The molecule has 0 aromatic heterocycles. The van der Waals surface area contributed by atoms with Crippen molar-refractivity contribution in [3.05, 3.63) is 0 Å². The minimum Gasteiger partial charge on any atom is -0.317 e. The monoisotopic (exact) mass is 183 g/mol. The first-order valence-corrected chi connectivity index (χ1v) is 5.82. The Morgan fingerprint density at radius 3 is 2.23 bits per heavy atom. The largest absolute Gasteiger partial charge is 0.317 e. The molecule has 0 spiro atoms. The van der Waals surface area contributed by atoms with Crippen LogP contribution in [0.5, 0.6) is 0 Å². The fourth-order valence-corrected chi connectivity index (χ4v) is 1.96. The quantitative estimate of drug-likeness (QED) is 0.667. The van der Waals surface area contributed by atoms with Gasteiger partial charge in [0, 0.05) is 6.04 Å². The second-order valence-electron chi connectivity index (χ2n) is 5.02. The maximum absolute atomic E-state index is 3.47. The van der Waals surface area contributed by atoms with Crippen molar-refractivity contribution in [2.45, 2.75) is 52.5 Å². The van der Waals surface area contributed by atoms with E-state index in [2.05, 4.69) is 33.1 Å². The highest BCUT2D eigenvalue weighted by Crippen LogP contribution is 2.34. The van der Waals surface area contributed by atoms with Gasteiger partial charge >= 0.3 is 0 Å². The molecule has 0 amide bonds. The SMILES string of the molecule is CNC(CCC1CC1)C(C)C(C)C. The lowest BCUT2D eigenvalue weighted by molar-refractivity contribution is 0.290. The van der Waals surface area contributed by atoms with Crippen LogP contribution in [0, 0.1) is 17.8 Å². The second kappa shape index (κ2) is 4.99. The molecule has 1 fully saturated rings. The van der Waals surface area contributed by atoms with Crippen molar-refractivity contribution in [1.82, 2.24) is 5.32 Å². The molecule has 1 saturated carbocycles. The molecule has 0 heterocycles. The summed E-state index contributed by atoms with van der Waals surface area (Å²) in [7, 11) is 2.11. The Balaban J connectivity index is 2.22. The molecule has 1 N–H and O–H groups in total. The molecule has 0 aromatic rings. The van der Waals surface area contributed by atoms with Gasteiger partial charge in [-0.05, 0) is 37.6 Å². The molecular weight excluding hydrogens is 158 g/mol. The number of nitrogens with one attached hydrogen (secondary N) is 1. The summed E-state index contributed by atoms with van der Waals surface area (Å²) in [6, 6.07) is 0.737. The zero-order chi connectivity index (χ0) is 9.84. The van der Waals surface area contributed by atoms with Crippen molar-refractivity contribution < 1.29 is 0 Å². The normalized spacial score (nSPS) is 21.9. The lowest BCUT2D eigenvalue weighted by atomic mass is 9.87. The molecule has 2 atom stereocenters. The van der Waals surface area contributed by atoms with E-state index in [4.69, 9.17) is 0 Å². The van der Waals surface area contributed by atoms with Gasteiger partial charge in [0.2, 0.25) is 0 Å². The molecule has 2 unspecified atom stereocenters. The van der Waals surface area contributed by atoms with Crippen LogP contribution in [0.2, 0.25) is 0 Å². The van der Waals surface area contributed by atoms with Crippen molar-refractivity contribution in [3.63, 3.8) is 0 Å². The van der Waals surface area contributed by atoms with Crippen molar-refractivity contribution in [1.29, 1.82) is 0 Å². The summed E-state index contributed by atoms with van der Waals surface area (Å²) in [5.74, 6) is 2.69. The average Bonchev–Trinajstić information content (AvgIpc) is 2.88. The molecule has 0 bridgehead atoms. The van der Waals surface area contributed by atoms with Crippen LogP contribution in [0.15, 0.2) is 0 Å². The van der Waals surface area contributed by atoms with Gasteiger partial charge in [0.25, 0.3) is 0 Å². The van der Waals surface area contributed by atoms with Crippen molar-refractivity contribution in [2.24, 2.45) is 17.8 Å². The van der Waals surface area contributed by atoms with Gasteiger partial charge in [-0.25, -0.2) is 0 Å². The summed E-state index contributed by atoms with van der Waals surface area (Å²) in [6.07, 6.45) is 5.81. The number of rotatable bonds is 6. The van der Waals surface area contributed by atoms with Crippen LogP contribution in [0.4, 0.5) is 0 Å². The molecule has 1 heteroatoms. The van der Waals surface area contributed by atoms with Crippen LogP contribution in [0.3, 0.4) is 0 Å². The van der Waals surface area contributed by atoms with E-state index in [0.29, 0.717) is 0 Å². The summed E-state index contributed by atoms with van der Waals surface area (Å²) >= 11 is 0. The van der Waals surface area contributed by atoms with Gasteiger partial charge in [0.1, 0.15) is 0 Å². The first-order chi connectivity index (χ1) is 6.15. The highest BCUT2D eigenvalue weighted by atomic mass is 14.9. The topological polar surface area (TPSA) is 12.0 Å². The predicted octanol–water partition coefficient (Wildman–Crippen LogP) is 3.06. The van der Waals surface area contributed by atoms with Gasteiger partial charge in [0.05, 0.1) is 0 Å². The summed E-state index contributed by atoms with van der Waals surface area (Å²) in [6.45, 7) is 7.02. The number of hydrogen-bond donors (Lipinski definition) is 1. The van der Waals surface area contributed by atoms with Crippen LogP contribution in [0.25, 0.3) is 0 Å². The van der Waals surface area contributed by atoms with Gasteiger partial charge in [0.15, 0.2) is 0 Å². The molecule has 0 aromatic carbocycles. The van der Waals surface area contributed by atoms with Gasteiger partial charge in [-0.15, -0.1) is 0 Å². The lowest BCUT2D eigenvalue weighted by Gasteiger charge is -2.26. The van der Waals surface area contributed by atoms with Crippen molar-refractivity contribution >= 4 is 0 Å². The highest BCUT2D eigenvalue weighted by Gasteiger charge is 2.24. The second-order valence-corrected chi connectivity index (χ2v) is 5.02. The molecule has 0 saturated heterocycles. The van der Waals surface area contributed by atoms with Gasteiger partial charge in [-0.3, -0.25) is 0 Å². The minimum absolute atomic E-state index is 0.737. The molecule has 1 rings (SSSR count). The third kappa shape index (κ3) is 3.68. The fourth-order valence-electron chi connectivity index (χ4n) is 1.96. The van der Waals surface area contributed by atoms with Crippen molar-refractivity contribution in [2.75, 3.05) is 7.05 Å². The third-order valence-electron chi connectivity index (χ3n) is 3.64. The van der Waals surface area contributed by atoms with Crippen LogP contribution < -0.4 is 5.32 Å². The first-order valence-electron chi connectivity index (χ1n) is 5.82. The Kier molecular flexibility index (Phi) is 4.24. The van der Waals surface area contributed by atoms with Gasteiger partial charge in [-0.1, -0.05) is 33.6 Å². The molecule has 1 aliphatic rings. The van der Waals surface area contributed by atoms with E-state index in [1.807, 2.05) is 0 Å². The van der Waals surface area contributed by atoms with Crippen LogP contribution >= 0.6 is 0 Å². The molecular formula is C12H25N. The predicted molar refractivity (Wildman–Crippen MR) is 58.8 cm³/mol. The number of hydrogen-bond acceptors (Lipinski definition) is 1. The highest BCUT2D eigenvalue weighted by molar-refractivity contribution is 4.79. The van der Waals surface area contributed by atoms with Gasteiger partial charge < -0.3 is 5.32 Å². The van der Waals surface area contributed by atoms with E-state index >= 15 is 0 Å². The Morgan fingerprint density at radius 2 is 1.85 bits per heavy atom. The van der Waals surface area contributed by atoms with E-state index in [9.17, 15) is 0 Å². The standard InChI is InChI=1S/C12H25N/c1-9(2)10(3)12(13-4)8-7-11-5-6-11/h9-13H,5-8H2,1-4H3. The minimum atomic E-state index is 0.737. The Hall–Kier alpha value is -0.0400.